The topological polar surface area (TPSA) is 61.0 Å². The Morgan fingerprint density at radius 1 is 1.35 bits per heavy atom. The van der Waals surface area contributed by atoms with E-state index in [1.807, 2.05) is 31.2 Å². The van der Waals surface area contributed by atoms with Gasteiger partial charge in [0, 0.05) is 11.5 Å². The predicted molar refractivity (Wildman–Crippen MR) is 87.7 cm³/mol. The van der Waals surface area contributed by atoms with E-state index in [2.05, 4.69) is 27.6 Å². The van der Waals surface area contributed by atoms with Crippen LogP contribution >= 0.6 is 22.6 Å². The standard InChI is InChI=1S/C15H16IN3O/c1-2-20-11-5-3-4-10(8-11)15-18-13(9-6-7-9)12(16)14(17)19-15/h3-5,8-9H,2,6-7H2,1H3,(H2,17,18,19). The maximum absolute atomic E-state index is 6.03. The second-order valence-electron chi connectivity index (χ2n) is 4.87. The lowest BCUT2D eigenvalue weighted by atomic mass is 10.2. The third-order valence-electron chi connectivity index (χ3n) is 3.27. The molecule has 1 saturated carbocycles. The van der Waals surface area contributed by atoms with Crippen molar-refractivity contribution >= 4 is 28.4 Å². The molecule has 0 amide bonds. The van der Waals surface area contributed by atoms with Crippen molar-refractivity contribution in [2.45, 2.75) is 25.7 Å². The molecule has 0 spiro atoms. The second kappa shape index (κ2) is 5.55. The monoisotopic (exact) mass is 381 g/mol. The maximum Gasteiger partial charge on any atom is 0.161 e. The number of nitrogens with two attached hydrogens (primary N) is 1. The lowest BCUT2D eigenvalue weighted by Gasteiger charge is -2.09. The average Bonchev–Trinajstić information content (AvgIpc) is 3.27. The summed E-state index contributed by atoms with van der Waals surface area (Å²) >= 11 is 2.24. The fraction of sp³-hybridized carbons (Fsp3) is 0.333. The fourth-order valence-corrected chi connectivity index (χ4v) is 2.81. The van der Waals surface area contributed by atoms with Gasteiger partial charge < -0.3 is 10.5 Å². The lowest BCUT2D eigenvalue weighted by molar-refractivity contribution is 0.340. The van der Waals surface area contributed by atoms with Crippen LogP contribution in [0, 0.1) is 3.57 Å². The van der Waals surface area contributed by atoms with Crippen molar-refractivity contribution in [3.63, 3.8) is 0 Å². The minimum atomic E-state index is 0.557. The number of anilines is 1. The number of hydrogen-bond donors (Lipinski definition) is 1. The van der Waals surface area contributed by atoms with Crippen molar-refractivity contribution < 1.29 is 4.74 Å². The number of rotatable bonds is 4. The summed E-state index contributed by atoms with van der Waals surface area (Å²) in [4.78, 5) is 9.13. The quantitative estimate of drug-likeness (QED) is 0.823. The number of hydrogen-bond acceptors (Lipinski definition) is 4. The molecule has 1 aliphatic carbocycles. The summed E-state index contributed by atoms with van der Waals surface area (Å²) in [6.45, 7) is 2.61. The number of halogens is 1. The smallest absolute Gasteiger partial charge is 0.161 e. The van der Waals surface area contributed by atoms with Crippen LogP contribution in [-0.2, 0) is 0 Å². The highest BCUT2D eigenvalue weighted by molar-refractivity contribution is 14.1. The number of aromatic nitrogens is 2. The zero-order valence-corrected chi connectivity index (χ0v) is 13.4. The highest BCUT2D eigenvalue weighted by Gasteiger charge is 2.29. The molecule has 2 N–H and O–H groups in total. The summed E-state index contributed by atoms with van der Waals surface area (Å²) in [5.41, 5.74) is 8.07. The van der Waals surface area contributed by atoms with Gasteiger partial charge in [-0.1, -0.05) is 12.1 Å². The molecule has 0 radical (unpaired) electrons. The first-order chi connectivity index (χ1) is 9.69. The molecule has 1 aromatic heterocycles. The molecule has 1 heterocycles. The van der Waals surface area contributed by atoms with Crippen molar-refractivity contribution in [2.24, 2.45) is 0 Å². The molecule has 104 valence electrons. The van der Waals surface area contributed by atoms with Gasteiger partial charge >= 0.3 is 0 Å². The van der Waals surface area contributed by atoms with Gasteiger partial charge in [-0.2, -0.15) is 0 Å². The second-order valence-corrected chi connectivity index (χ2v) is 5.95. The molecule has 4 nitrogen and oxygen atoms in total. The minimum Gasteiger partial charge on any atom is -0.494 e. The van der Waals surface area contributed by atoms with E-state index in [1.165, 1.54) is 12.8 Å². The van der Waals surface area contributed by atoms with Gasteiger partial charge in [-0.15, -0.1) is 0 Å². The molecule has 20 heavy (non-hydrogen) atoms. The van der Waals surface area contributed by atoms with Crippen LogP contribution in [0.25, 0.3) is 11.4 Å². The highest BCUT2D eigenvalue weighted by atomic mass is 127. The molecule has 1 aromatic carbocycles. The van der Waals surface area contributed by atoms with Crippen LogP contribution < -0.4 is 10.5 Å². The largest absolute Gasteiger partial charge is 0.494 e. The van der Waals surface area contributed by atoms with E-state index in [-0.39, 0.29) is 0 Å². The van der Waals surface area contributed by atoms with Crippen molar-refractivity contribution in [1.29, 1.82) is 0 Å². The van der Waals surface area contributed by atoms with E-state index in [0.717, 1.165) is 20.6 Å². The Balaban J connectivity index is 2.03. The Labute approximate surface area is 131 Å². The zero-order chi connectivity index (χ0) is 14.1. The molecule has 0 bridgehead atoms. The van der Waals surface area contributed by atoms with Crippen LogP contribution in [0.15, 0.2) is 24.3 Å². The van der Waals surface area contributed by atoms with Gasteiger partial charge in [-0.25, -0.2) is 9.97 Å². The third kappa shape index (κ3) is 2.72. The molecular formula is C15H16IN3O. The molecule has 1 fully saturated rings. The van der Waals surface area contributed by atoms with Crippen LogP contribution in [-0.4, -0.2) is 16.6 Å². The molecule has 5 heteroatoms. The van der Waals surface area contributed by atoms with E-state index in [9.17, 15) is 0 Å². The van der Waals surface area contributed by atoms with E-state index in [1.54, 1.807) is 0 Å². The molecule has 0 unspecified atom stereocenters. The predicted octanol–water partition coefficient (Wildman–Crippen LogP) is 3.61. The first-order valence-electron chi connectivity index (χ1n) is 6.75. The van der Waals surface area contributed by atoms with Gasteiger partial charge in [0.05, 0.1) is 15.9 Å². The minimum absolute atomic E-state index is 0.557. The molecule has 0 saturated heterocycles. The normalized spacial score (nSPS) is 14.3. The van der Waals surface area contributed by atoms with Crippen LogP contribution in [0.3, 0.4) is 0 Å². The Morgan fingerprint density at radius 2 is 2.15 bits per heavy atom. The lowest BCUT2D eigenvalue weighted by Crippen LogP contribution is -2.04. The summed E-state index contributed by atoms with van der Waals surface area (Å²) in [5.74, 6) is 2.64. The van der Waals surface area contributed by atoms with E-state index < -0.39 is 0 Å². The summed E-state index contributed by atoms with van der Waals surface area (Å²) in [5, 5.41) is 0. The third-order valence-corrected chi connectivity index (χ3v) is 4.38. The van der Waals surface area contributed by atoms with Gasteiger partial charge in [0.15, 0.2) is 5.82 Å². The Kier molecular flexibility index (Phi) is 3.78. The fourth-order valence-electron chi connectivity index (χ4n) is 2.13. The Bertz CT molecular complexity index is 641. The Hall–Kier alpha value is -1.37. The summed E-state index contributed by atoms with van der Waals surface area (Å²) in [7, 11) is 0. The summed E-state index contributed by atoms with van der Waals surface area (Å²) in [6, 6.07) is 7.84. The zero-order valence-electron chi connectivity index (χ0n) is 11.3. The van der Waals surface area contributed by atoms with Crippen LogP contribution in [0.1, 0.15) is 31.4 Å². The Morgan fingerprint density at radius 3 is 2.85 bits per heavy atom. The molecule has 2 aromatic rings. The molecule has 0 atom stereocenters. The number of benzene rings is 1. The first kappa shape index (κ1) is 13.6. The van der Waals surface area contributed by atoms with E-state index >= 15 is 0 Å². The SMILES string of the molecule is CCOc1cccc(-c2nc(N)c(I)c(C3CC3)n2)c1. The number of ether oxygens (including phenoxy) is 1. The molecule has 1 aliphatic rings. The molecule has 3 rings (SSSR count). The van der Waals surface area contributed by atoms with Crippen molar-refractivity contribution in [3.05, 3.63) is 33.5 Å². The van der Waals surface area contributed by atoms with Gasteiger partial charge in [0.1, 0.15) is 11.6 Å². The van der Waals surface area contributed by atoms with Crippen LogP contribution in [0.2, 0.25) is 0 Å². The van der Waals surface area contributed by atoms with Gasteiger partial charge in [-0.3, -0.25) is 0 Å². The van der Waals surface area contributed by atoms with Gasteiger partial charge in [-0.05, 0) is 54.5 Å². The summed E-state index contributed by atoms with van der Waals surface area (Å²) < 4.78 is 6.52. The van der Waals surface area contributed by atoms with Gasteiger partial charge in [0.25, 0.3) is 0 Å². The van der Waals surface area contributed by atoms with E-state index in [4.69, 9.17) is 15.5 Å². The van der Waals surface area contributed by atoms with Crippen LogP contribution in [0.4, 0.5) is 5.82 Å². The maximum atomic E-state index is 6.03. The van der Waals surface area contributed by atoms with Crippen molar-refractivity contribution in [1.82, 2.24) is 9.97 Å². The number of nitrogens with zero attached hydrogens (tertiary/aromatic N) is 2. The van der Waals surface area contributed by atoms with Crippen molar-refractivity contribution in [2.75, 3.05) is 12.3 Å². The first-order valence-corrected chi connectivity index (χ1v) is 7.83. The van der Waals surface area contributed by atoms with Crippen molar-refractivity contribution in [3.8, 4) is 17.1 Å². The molecule has 0 aliphatic heterocycles. The summed E-state index contributed by atoms with van der Waals surface area (Å²) in [6.07, 6.45) is 2.40. The molecular weight excluding hydrogens is 365 g/mol. The van der Waals surface area contributed by atoms with Gasteiger partial charge in [0.2, 0.25) is 0 Å². The highest BCUT2D eigenvalue weighted by Crippen LogP contribution is 2.42. The average molecular weight is 381 g/mol. The van der Waals surface area contributed by atoms with Crippen LogP contribution in [0.5, 0.6) is 5.75 Å². The van der Waals surface area contributed by atoms with E-state index in [0.29, 0.717) is 24.2 Å². The number of nitrogen functional groups attached to an aromatic ring is 1.